The number of nitrogens with zero attached hydrogens (tertiary/aromatic N) is 6. The Hall–Kier alpha value is -11.2. The van der Waals surface area contributed by atoms with E-state index >= 15 is 24.0 Å². The smallest absolute Gasteiger partial charge is 0.438 e. The van der Waals surface area contributed by atoms with E-state index < -0.39 is 142 Å². The molecule has 2 fully saturated rings. The molecule has 0 spiro atoms. The number of aliphatic carboxylic acids is 1. The Morgan fingerprint density at radius 2 is 1.10 bits per heavy atom. The average Bonchev–Trinajstić information content (AvgIpc) is 1.69. The molecule has 6 aliphatic rings. The number of hydrogen-bond donors (Lipinski definition) is 8. The molecule has 27 nitrogen and oxygen atoms in total. The first-order valence-electron chi connectivity index (χ1n) is 37.9. The third-order valence-electron chi connectivity index (χ3n) is 21.4. The maximum absolute atomic E-state index is 15.5. The van der Waals surface area contributed by atoms with E-state index in [4.69, 9.17) is 14.0 Å². The van der Waals surface area contributed by atoms with Crippen LogP contribution in [0.3, 0.4) is 0 Å². The van der Waals surface area contributed by atoms with E-state index in [0.717, 1.165) is 32.7 Å². The number of amides is 6. The van der Waals surface area contributed by atoms with Crippen molar-refractivity contribution in [3.05, 3.63) is 196 Å². The van der Waals surface area contributed by atoms with E-state index in [1.54, 1.807) is 75.2 Å². The van der Waals surface area contributed by atoms with Crippen LogP contribution in [0.1, 0.15) is 133 Å². The van der Waals surface area contributed by atoms with E-state index in [2.05, 4.69) is 52.4 Å². The molecule has 6 amide bonds. The first-order valence-corrected chi connectivity index (χ1v) is 37.9. The van der Waals surface area contributed by atoms with Gasteiger partial charge in [-0.15, -0.1) is 5.10 Å². The summed E-state index contributed by atoms with van der Waals surface area (Å²) in [6, 6.07) is 32.0. The van der Waals surface area contributed by atoms with Gasteiger partial charge < -0.3 is 56.3 Å². The Bertz CT molecular complexity index is 4770. The number of carbonyl (C=O) groups is 9. The second kappa shape index (κ2) is 35.7. The molecule has 2 aromatic heterocycles. The number of likely N-dealkylation sites (tertiary alicyclic amines) is 2. The molecule has 6 aliphatic heterocycles. The summed E-state index contributed by atoms with van der Waals surface area (Å²) in [4.78, 5) is 150. The lowest BCUT2D eigenvalue weighted by atomic mass is 9.85. The van der Waals surface area contributed by atoms with Crippen molar-refractivity contribution in [2.24, 2.45) is 22.7 Å². The molecule has 6 aromatic carbocycles. The van der Waals surface area contributed by atoms with Gasteiger partial charge >= 0.3 is 11.7 Å². The topological polar surface area (TPSA) is 361 Å². The minimum absolute atomic E-state index is 0.00629. The van der Waals surface area contributed by atoms with Crippen molar-refractivity contribution in [1.29, 1.82) is 0 Å². The van der Waals surface area contributed by atoms with Gasteiger partial charge in [0, 0.05) is 38.3 Å². The van der Waals surface area contributed by atoms with Crippen molar-refractivity contribution < 1.29 is 62.3 Å². The van der Waals surface area contributed by atoms with Gasteiger partial charge in [-0.1, -0.05) is 173 Å². The molecular formula is C84H101N13O14. The number of carboxylic acid groups (broad SMARTS) is 1. The average molecular weight is 1520 g/mol. The third kappa shape index (κ3) is 20.6. The molecule has 111 heavy (non-hydrogen) atoms. The fraction of sp³-hybridized carbons (Fsp3) is 0.440. The van der Waals surface area contributed by atoms with E-state index in [1.807, 2.05) is 151 Å². The van der Waals surface area contributed by atoms with Gasteiger partial charge in [0.15, 0.2) is 17.4 Å². The highest BCUT2D eigenvalue weighted by Gasteiger charge is 2.48. The zero-order valence-corrected chi connectivity index (χ0v) is 64.5. The van der Waals surface area contributed by atoms with Crippen LogP contribution in [0.2, 0.25) is 0 Å². The third-order valence-corrected chi connectivity index (χ3v) is 21.4. The summed E-state index contributed by atoms with van der Waals surface area (Å²) in [6.45, 7) is 14.4. The molecule has 8 heterocycles. The molecule has 0 saturated carbocycles. The number of allylic oxidation sites excluding steroid dienone is 1. The van der Waals surface area contributed by atoms with E-state index in [1.165, 1.54) is 9.80 Å². The lowest BCUT2D eigenvalue weighted by Crippen LogP contribution is -2.60. The summed E-state index contributed by atoms with van der Waals surface area (Å²) in [7, 11) is 3.26. The van der Waals surface area contributed by atoms with Crippen molar-refractivity contribution in [3.8, 4) is 11.5 Å². The molecular weight excluding hydrogens is 1420 g/mol. The summed E-state index contributed by atoms with van der Waals surface area (Å²) in [5.74, 6) is -7.41. The Balaban J connectivity index is 0.919. The van der Waals surface area contributed by atoms with Gasteiger partial charge in [0.25, 0.3) is 0 Å². The Labute approximate surface area is 644 Å². The van der Waals surface area contributed by atoms with E-state index in [0.29, 0.717) is 34.7 Å². The highest BCUT2D eigenvalue weighted by Crippen LogP contribution is 2.35. The molecule has 586 valence electrons. The zero-order valence-electron chi connectivity index (χ0n) is 64.5. The van der Waals surface area contributed by atoms with Crippen molar-refractivity contribution >= 4 is 74.5 Å². The van der Waals surface area contributed by atoms with Crippen LogP contribution in [-0.2, 0) is 75.4 Å². The van der Waals surface area contributed by atoms with E-state index in [9.17, 15) is 29.1 Å². The number of ketones is 2. The van der Waals surface area contributed by atoms with Crippen LogP contribution in [0.25, 0.3) is 21.5 Å². The molecule has 14 rings (SSSR count). The zero-order chi connectivity index (χ0) is 79.4. The number of ether oxygens (including phenoxy) is 2. The van der Waals surface area contributed by atoms with Crippen LogP contribution in [0.4, 0.5) is 0 Å². The molecule has 2 saturated heterocycles. The van der Waals surface area contributed by atoms with Gasteiger partial charge in [0.1, 0.15) is 54.6 Å². The number of benzene rings is 6. The van der Waals surface area contributed by atoms with Crippen LogP contribution in [0, 0.1) is 22.7 Å². The summed E-state index contributed by atoms with van der Waals surface area (Å²) >= 11 is 0. The molecule has 0 radical (unpaired) electrons. The molecule has 8 aromatic rings. The lowest BCUT2D eigenvalue weighted by molar-refractivity contribution is -0.145. The standard InChI is InChI=1S/C84H101N13O14/c1-49(85-9)75(100)89-72(83(3,4)5)79(104)95-45-55-17-15-16-34-109-64-30-24-51(25-31-64)35-60(74-91-82(108)111-93-74)42-70(98)66(39-53-22-28-56-18-11-13-20-58(56)37-53)88-78(103)69-44-63(47-96(69)80(105)73(84(6,7)8)90-76(101)50(2)86-10)97-46-62(92-94-97)48-110-65-32-26-52(27-33-65)36-61(81(106)107)43-71(99)67(87-77(102)68(95)41-55)40-54-23-29-57-19-12-14-21-59(57)38-54/h11-16,18-33,37-38,46,49-50,55,60-61,63,66-69,72-73,85-86H,17,34-36,39-45,47-48H2,1-10H3,(H,87,102)(H,88,103)(H,89,100)(H,90,101)(H,106,107)(H,91,93,108)/b16-15+/t49-,50-,55-,60+,61+,63-,66?,67-,68-,69-,72+,73+/m0/s1. The summed E-state index contributed by atoms with van der Waals surface area (Å²) < 4.78 is 19.0. The summed E-state index contributed by atoms with van der Waals surface area (Å²) in [5, 5.41) is 45.3. The number of carbonyl (C=O) groups excluding carboxylic acids is 8. The number of carboxylic acids is 1. The highest BCUT2D eigenvalue weighted by molar-refractivity contribution is 5.98. The maximum Gasteiger partial charge on any atom is 0.438 e. The Morgan fingerprint density at radius 1 is 0.595 bits per heavy atom. The fourth-order valence-electron chi connectivity index (χ4n) is 14.7. The van der Waals surface area contributed by atoms with Crippen molar-refractivity contribution in [2.75, 3.05) is 33.8 Å². The van der Waals surface area contributed by atoms with Crippen molar-refractivity contribution in [1.82, 2.24) is 66.8 Å². The van der Waals surface area contributed by atoms with Gasteiger partial charge in [-0.2, -0.15) is 0 Å². The van der Waals surface area contributed by atoms with Gasteiger partial charge in [-0.05, 0) is 151 Å². The number of Topliss-reactive ketones (excluding diaryl/α,β-unsaturated/α-hetero) is 2. The monoisotopic (exact) mass is 1520 g/mol. The minimum atomic E-state index is -1.24. The quantitative estimate of drug-likeness (QED) is 0.0490. The maximum atomic E-state index is 15.5. The Kier molecular flexibility index (Phi) is 26.0. The van der Waals surface area contributed by atoms with Crippen LogP contribution in [0.15, 0.2) is 161 Å². The van der Waals surface area contributed by atoms with Gasteiger partial charge in [0.2, 0.25) is 35.4 Å². The number of hydrogen-bond acceptors (Lipinski definition) is 18. The second-order valence-corrected chi connectivity index (χ2v) is 31.8. The second-order valence-electron chi connectivity index (χ2n) is 31.8. The van der Waals surface area contributed by atoms with Crippen molar-refractivity contribution in [3.63, 3.8) is 0 Å². The molecule has 10 bridgehead atoms. The van der Waals surface area contributed by atoms with Crippen molar-refractivity contribution in [2.45, 2.75) is 180 Å². The van der Waals surface area contributed by atoms with Crippen LogP contribution < -0.4 is 47.1 Å². The Morgan fingerprint density at radius 3 is 1.61 bits per heavy atom. The minimum Gasteiger partial charge on any atom is -0.490 e. The summed E-state index contributed by atoms with van der Waals surface area (Å²) in [5.41, 5.74) is 1.45. The van der Waals surface area contributed by atoms with Crippen LogP contribution >= 0.6 is 0 Å². The number of rotatable bonds is 14. The van der Waals surface area contributed by atoms with Gasteiger partial charge in [0.05, 0.1) is 42.3 Å². The first kappa shape index (κ1) is 80.8. The number of likely N-dealkylation sites (N-methyl/N-ethyl adjacent to an activating group) is 2. The van der Waals surface area contributed by atoms with Crippen LogP contribution in [-0.4, -0.2) is 175 Å². The number of fused-ring (bicyclic) bond motifs is 2. The number of aromatic amines is 1. The predicted molar refractivity (Wildman–Crippen MR) is 416 cm³/mol. The highest BCUT2D eigenvalue weighted by atomic mass is 16.5. The van der Waals surface area contributed by atoms with Gasteiger partial charge in [-0.25, -0.2) is 9.48 Å². The summed E-state index contributed by atoms with van der Waals surface area (Å²) in [6.07, 6.45) is 5.44. The molecule has 0 aliphatic carbocycles. The van der Waals surface area contributed by atoms with Gasteiger partial charge in [-0.3, -0.25) is 52.7 Å². The lowest BCUT2D eigenvalue weighted by Gasteiger charge is -2.36. The largest absolute Gasteiger partial charge is 0.490 e. The predicted octanol–water partition coefficient (Wildman–Crippen LogP) is 7.46. The van der Waals surface area contributed by atoms with E-state index in [-0.39, 0.29) is 83.0 Å². The number of aromatic nitrogens is 5. The SMILES string of the molecule is CN[C@@H](C)C(=O)N[C@H](C(=O)N1C[C@@H]2C[C@H]1C(=O)NC(Cc1ccc3ccccc3c1)C(=O)C[C@H](c1noc(=O)[nH]1)Cc1ccc(cc1)OC/C=C/C[C@H]1C[C@@H](C(=O)N[C@@H](Cc3ccc4ccccc4c3)C(=O)C[C@H](C(=O)O)Cc3ccc(cc3)OCc3cn2nn3)N(C(=O)[C@@H](NC(=O)[C@H](C)NC)C(C)(C)C)C1)C(C)(C)C. The molecule has 8 N–H and O–H groups in total. The fourth-order valence-corrected chi connectivity index (χ4v) is 14.7. The normalized spacial score (nSPS) is 22.2. The molecule has 12 atom stereocenters. The first-order chi connectivity index (χ1) is 53.0. The molecule has 1 unspecified atom stereocenters. The number of nitrogens with one attached hydrogen (secondary N) is 7. The molecule has 27 heteroatoms. The number of H-pyrrole nitrogens is 1. The van der Waals surface area contributed by atoms with Crippen LogP contribution in [0.5, 0.6) is 11.5 Å².